The molecule has 0 aliphatic heterocycles. The van der Waals surface area contributed by atoms with Crippen LogP contribution in [-0.4, -0.2) is 30.4 Å². The van der Waals surface area contributed by atoms with Crippen molar-refractivity contribution in [3.63, 3.8) is 0 Å². The minimum absolute atomic E-state index is 0.0203. The highest BCUT2D eigenvalue weighted by atomic mass is 32.1. The molecule has 7 heteroatoms. The molecule has 3 aromatic carbocycles. The molecular weight excluding hydrogens is 446 g/mol. The van der Waals surface area contributed by atoms with Crippen LogP contribution in [0, 0.1) is 0 Å². The maximum atomic E-state index is 11.3. The van der Waals surface area contributed by atoms with Crippen molar-refractivity contribution in [1.29, 1.82) is 0 Å². The standard InChI is InChI=1S/C27H25N3O3S/c1-20(31)33-18-24(30-32-2)25-19-34-26(28-25)29-27(21-12-6-3-7-13-21,22-14-8-4-9-15-22)23-16-10-5-11-17-23/h3-17,19H,18H2,1-2H3,(H,28,29). The number of benzene rings is 3. The number of nitrogens with zero attached hydrogens (tertiary/aromatic N) is 2. The number of anilines is 1. The Hall–Kier alpha value is -3.97. The van der Waals surface area contributed by atoms with Crippen LogP contribution < -0.4 is 5.32 Å². The Bertz CT molecular complexity index is 1150. The number of nitrogens with one attached hydrogen (secondary N) is 1. The van der Waals surface area contributed by atoms with Gasteiger partial charge in [-0.3, -0.25) is 4.79 Å². The first-order valence-electron chi connectivity index (χ1n) is 10.8. The van der Waals surface area contributed by atoms with E-state index in [-0.39, 0.29) is 6.61 Å². The molecule has 0 saturated heterocycles. The molecule has 172 valence electrons. The van der Waals surface area contributed by atoms with Crippen LogP contribution >= 0.6 is 11.3 Å². The summed E-state index contributed by atoms with van der Waals surface area (Å²) in [7, 11) is 1.45. The van der Waals surface area contributed by atoms with E-state index in [4.69, 9.17) is 14.6 Å². The summed E-state index contributed by atoms with van der Waals surface area (Å²) in [5, 5.41) is 10.3. The van der Waals surface area contributed by atoms with Crippen LogP contribution in [0.5, 0.6) is 0 Å². The van der Waals surface area contributed by atoms with Crippen molar-refractivity contribution in [3.05, 3.63) is 119 Å². The molecule has 0 aliphatic rings. The van der Waals surface area contributed by atoms with Gasteiger partial charge in [0.25, 0.3) is 0 Å². The Balaban J connectivity index is 1.82. The molecule has 0 radical (unpaired) electrons. The number of oxime groups is 1. The molecule has 34 heavy (non-hydrogen) atoms. The Labute approximate surface area is 202 Å². The minimum atomic E-state index is -0.687. The van der Waals surface area contributed by atoms with Gasteiger partial charge in [-0.05, 0) is 16.7 Å². The van der Waals surface area contributed by atoms with E-state index < -0.39 is 11.5 Å². The number of carbonyl (C=O) groups is 1. The van der Waals surface area contributed by atoms with Gasteiger partial charge >= 0.3 is 5.97 Å². The van der Waals surface area contributed by atoms with Gasteiger partial charge < -0.3 is 14.9 Å². The van der Waals surface area contributed by atoms with Crippen LogP contribution in [0.4, 0.5) is 5.13 Å². The highest BCUT2D eigenvalue weighted by molar-refractivity contribution is 7.13. The van der Waals surface area contributed by atoms with E-state index in [1.807, 2.05) is 60.0 Å². The quantitative estimate of drug-likeness (QED) is 0.152. The summed E-state index contributed by atoms with van der Waals surface area (Å²) in [6.07, 6.45) is 0. The lowest BCUT2D eigenvalue weighted by Crippen LogP contribution is -2.38. The molecule has 0 unspecified atom stereocenters. The predicted molar refractivity (Wildman–Crippen MR) is 135 cm³/mol. The molecule has 0 spiro atoms. The second kappa shape index (κ2) is 10.8. The molecular formula is C27H25N3O3S. The second-order valence-electron chi connectivity index (χ2n) is 7.51. The fraction of sp³-hybridized carbons (Fsp3) is 0.148. The number of hydrogen-bond donors (Lipinski definition) is 1. The SMILES string of the molecule is CON=C(COC(C)=O)c1csc(NC(c2ccccc2)(c2ccccc2)c2ccccc2)n1. The second-order valence-corrected chi connectivity index (χ2v) is 8.37. The average molecular weight is 472 g/mol. The summed E-state index contributed by atoms with van der Waals surface area (Å²) >= 11 is 1.45. The Morgan fingerprint density at radius 1 is 0.912 bits per heavy atom. The largest absolute Gasteiger partial charge is 0.459 e. The fourth-order valence-corrected chi connectivity index (χ4v) is 4.61. The number of esters is 1. The topological polar surface area (TPSA) is 72.8 Å². The third-order valence-corrected chi connectivity index (χ3v) is 6.09. The predicted octanol–water partition coefficient (Wildman–Crippen LogP) is 5.46. The van der Waals surface area contributed by atoms with E-state index in [0.29, 0.717) is 16.5 Å². The minimum Gasteiger partial charge on any atom is -0.459 e. The van der Waals surface area contributed by atoms with Crippen LogP contribution in [0.25, 0.3) is 0 Å². The van der Waals surface area contributed by atoms with Crippen molar-refractivity contribution >= 4 is 28.1 Å². The van der Waals surface area contributed by atoms with Crippen molar-refractivity contribution in [2.75, 3.05) is 19.0 Å². The van der Waals surface area contributed by atoms with Crippen LogP contribution in [0.3, 0.4) is 0 Å². The molecule has 1 heterocycles. The number of carbonyl (C=O) groups excluding carboxylic acids is 1. The van der Waals surface area contributed by atoms with Gasteiger partial charge in [-0.1, -0.05) is 96.2 Å². The van der Waals surface area contributed by atoms with Gasteiger partial charge in [-0.2, -0.15) is 0 Å². The normalized spacial score (nSPS) is 11.6. The number of aromatic nitrogens is 1. The molecule has 0 aliphatic carbocycles. The highest BCUT2D eigenvalue weighted by Gasteiger charge is 2.37. The monoisotopic (exact) mass is 471 g/mol. The third kappa shape index (κ3) is 5.00. The first kappa shape index (κ1) is 23.2. The van der Waals surface area contributed by atoms with Gasteiger partial charge in [0.05, 0.1) is 0 Å². The number of rotatable bonds is 9. The summed E-state index contributed by atoms with van der Waals surface area (Å²) in [4.78, 5) is 21.0. The summed E-state index contributed by atoms with van der Waals surface area (Å²) in [6, 6.07) is 30.9. The van der Waals surface area contributed by atoms with Gasteiger partial charge in [0.2, 0.25) is 0 Å². The van der Waals surface area contributed by atoms with Crippen molar-refractivity contribution < 1.29 is 14.4 Å². The molecule has 6 nitrogen and oxygen atoms in total. The van der Waals surface area contributed by atoms with E-state index in [2.05, 4.69) is 46.9 Å². The maximum absolute atomic E-state index is 11.3. The lowest BCUT2D eigenvalue weighted by molar-refractivity contribution is -0.139. The van der Waals surface area contributed by atoms with Crippen LogP contribution in [0.2, 0.25) is 0 Å². The van der Waals surface area contributed by atoms with Gasteiger partial charge in [0.15, 0.2) is 5.13 Å². The Morgan fingerprint density at radius 3 is 1.85 bits per heavy atom. The zero-order chi connectivity index (χ0) is 23.8. The van der Waals surface area contributed by atoms with E-state index in [1.54, 1.807) is 0 Å². The van der Waals surface area contributed by atoms with Crippen molar-refractivity contribution in [2.24, 2.45) is 5.16 Å². The zero-order valence-corrected chi connectivity index (χ0v) is 19.8. The molecule has 4 aromatic rings. The summed E-state index contributed by atoms with van der Waals surface area (Å²) < 4.78 is 5.12. The van der Waals surface area contributed by atoms with Gasteiger partial charge in [-0.15, -0.1) is 11.3 Å². The Kier molecular flexibility index (Phi) is 7.34. The van der Waals surface area contributed by atoms with E-state index in [0.717, 1.165) is 16.7 Å². The van der Waals surface area contributed by atoms with Crippen LogP contribution in [0.15, 0.2) is 102 Å². The molecule has 0 amide bonds. The first-order chi connectivity index (χ1) is 16.6. The lowest BCUT2D eigenvalue weighted by Gasteiger charge is -2.36. The summed E-state index contributed by atoms with van der Waals surface area (Å²) in [5.41, 5.74) is 3.57. The van der Waals surface area contributed by atoms with Gasteiger partial charge in [0, 0.05) is 12.3 Å². The molecule has 0 atom stereocenters. The van der Waals surface area contributed by atoms with Crippen LogP contribution in [-0.2, 0) is 19.9 Å². The third-order valence-electron chi connectivity index (χ3n) is 5.33. The number of hydrogen-bond acceptors (Lipinski definition) is 7. The smallest absolute Gasteiger partial charge is 0.303 e. The summed E-state index contributed by atoms with van der Waals surface area (Å²) in [5.74, 6) is -0.395. The van der Waals surface area contributed by atoms with Crippen molar-refractivity contribution in [1.82, 2.24) is 4.98 Å². The molecule has 0 bridgehead atoms. The van der Waals surface area contributed by atoms with Gasteiger partial charge in [0.1, 0.15) is 30.7 Å². The van der Waals surface area contributed by atoms with Crippen molar-refractivity contribution in [2.45, 2.75) is 12.5 Å². The zero-order valence-electron chi connectivity index (χ0n) is 19.0. The summed E-state index contributed by atoms with van der Waals surface area (Å²) in [6.45, 7) is 1.33. The van der Waals surface area contributed by atoms with Gasteiger partial charge in [-0.25, -0.2) is 4.98 Å². The average Bonchev–Trinajstić information content (AvgIpc) is 3.35. The van der Waals surface area contributed by atoms with E-state index in [9.17, 15) is 4.79 Å². The molecule has 0 saturated carbocycles. The first-order valence-corrected chi connectivity index (χ1v) is 11.7. The molecule has 1 aromatic heterocycles. The Morgan fingerprint density at radius 2 is 1.41 bits per heavy atom. The lowest BCUT2D eigenvalue weighted by atomic mass is 9.77. The molecule has 0 fully saturated rings. The van der Waals surface area contributed by atoms with Crippen molar-refractivity contribution in [3.8, 4) is 0 Å². The van der Waals surface area contributed by atoms with E-state index >= 15 is 0 Å². The number of ether oxygens (including phenoxy) is 1. The fourth-order valence-electron chi connectivity index (χ4n) is 3.83. The molecule has 4 rings (SSSR count). The van der Waals surface area contributed by atoms with E-state index in [1.165, 1.54) is 25.4 Å². The van der Waals surface area contributed by atoms with Crippen LogP contribution in [0.1, 0.15) is 29.3 Å². The molecule has 1 N–H and O–H groups in total. The maximum Gasteiger partial charge on any atom is 0.303 e. The highest BCUT2D eigenvalue weighted by Crippen LogP contribution is 2.40. The number of thiazole rings is 1.